The van der Waals surface area contributed by atoms with Crippen LogP contribution in [0.25, 0.3) is 0 Å². The number of hydrogen-bond donors (Lipinski definition) is 2. The van der Waals surface area contributed by atoms with Crippen LogP contribution < -0.4 is 15.9 Å². The zero-order valence-electron chi connectivity index (χ0n) is 6.03. The second-order valence-electron chi connectivity index (χ2n) is 0.469. The molecule has 12 heavy (non-hydrogen) atoms. The zero-order valence-corrected chi connectivity index (χ0v) is 8.34. The minimum Gasteiger partial charge on any atom is -0.790 e. The van der Waals surface area contributed by atoms with Crippen molar-refractivity contribution in [2.45, 2.75) is 0 Å². The van der Waals surface area contributed by atoms with E-state index < -0.39 is 7.82 Å². The van der Waals surface area contributed by atoms with Crippen LogP contribution in [0.2, 0.25) is 0 Å². The SMILES string of the molecule is N.O.O.O.O.O.O=P([O-])([O-])O.[Mg+2]. The molecule has 0 spiro atoms. The van der Waals surface area contributed by atoms with Gasteiger partial charge in [0.1, 0.15) is 0 Å². The maximum Gasteiger partial charge on any atom is 2.00 e. The first-order chi connectivity index (χ1) is 2.00. The molecule has 0 saturated carbocycles. The Bertz CT molecular complexity index is 60.7. The van der Waals surface area contributed by atoms with Crippen molar-refractivity contribution in [3.63, 3.8) is 0 Å². The molecule has 0 saturated heterocycles. The molecule has 0 aromatic rings. The van der Waals surface area contributed by atoms with Gasteiger partial charge in [-0.25, -0.2) is 0 Å². The normalized spacial score (nSPS) is 4.92. The monoisotopic (exact) mass is 227 g/mol. The second kappa shape index (κ2) is 29.9. The molecule has 0 rings (SSSR count). The fraction of sp³-hybridized carbons (Fsp3) is 0. The first-order valence-electron chi connectivity index (χ1n) is 0.748. The maximum atomic E-state index is 8.66. The first kappa shape index (κ1) is 79.6. The third-order valence-corrected chi connectivity index (χ3v) is 0. The standard InChI is InChI=1S/Mg.H3N.H3O4P.5H2O/c;;1-5(2,3)4;;;;;/h;1H3;(H3,1,2,3,4);5*1H2/q+2;;;;;;;/p-2. The molecule has 0 amide bonds. The summed E-state index contributed by atoms with van der Waals surface area (Å²) >= 11 is 0. The summed E-state index contributed by atoms with van der Waals surface area (Å²) in [6.07, 6.45) is 0. The number of rotatable bonds is 0. The molecule has 0 heterocycles. The van der Waals surface area contributed by atoms with Gasteiger partial charge in [-0.15, -0.1) is 0 Å². The van der Waals surface area contributed by atoms with Crippen LogP contribution in [0.5, 0.6) is 0 Å². The minimum atomic E-state index is -5.14. The second-order valence-corrected chi connectivity index (χ2v) is 1.41. The van der Waals surface area contributed by atoms with E-state index >= 15 is 0 Å². The Kier molecular flexibility index (Phi) is 198. The Morgan fingerprint density at radius 1 is 0.917 bits per heavy atom. The van der Waals surface area contributed by atoms with Crippen LogP contribution in [-0.2, 0) is 4.57 Å². The van der Waals surface area contributed by atoms with Gasteiger partial charge >= 0.3 is 23.1 Å². The van der Waals surface area contributed by atoms with E-state index in [2.05, 4.69) is 0 Å². The Hall–Kier alpha value is 0.636. The average Bonchev–Trinajstić information content (AvgIpc) is 0.722. The molecule has 0 aliphatic carbocycles. The fourth-order valence-electron chi connectivity index (χ4n) is 0. The van der Waals surface area contributed by atoms with E-state index in [0.29, 0.717) is 0 Å². The smallest absolute Gasteiger partial charge is 0.790 e. The third kappa shape index (κ3) is 2440. The van der Waals surface area contributed by atoms with Crippen LogP contribution in [0.15, 0.2) is 0 Å². The maximum absolute atomic E-state index is 8.66. The van der Waals surface area contributed by atoms with E-state index in [1.165, 1.54) is 0 Å². The summed E-state index contributed by atoms with van der Waals surface area (Å²) in [6, 6.07) is 0. The molecular weight excluding hydrogens is 213 g/mol. The summed E-state index contributed by atoms with van der Waals surface area (Å²) in [5.74, 6) is 0. The molecule has 0 aromatic heterocycles. The van der Waals surface area contributed by atoms with Gasteiger partial charge in [0.25, 0.3) is 0 Å². The summed E-state index contributed by atoms with van der Waals surface area (Å²) in [6.45, 7) is 0. The summed E-state index contributed by atoms with van der Waals surface area (Å²) < 4.78 is 8.66. The van der Waals surface area contributed by atoms with E-state index in [1.54, 1.807) is 0 Å². The van der Waals surface area contributed by atoms with E-state index in [-0.39, 0.29) is 56.6 Å². The van der Waals surface area contributed by atoms with Crippen LogP contribution in [0, 0.1) is 0 Å². The molecule has 0 radical (unpaired) electrons. The topological polar surface area (TPSA) is 276 Å². The minimum absolute atomic E-state index is 0. The van der Waals surface area contributed by atoms with Crippen molar-refractivity contribution < 1.29 is 46.6 Å². The molecule has 14 N–H and O–H groups in total. The summed E-state index contributed by atoms with van der Waals surface area (Å²) in [5, 5.41) is 0. The first-order valence-corrected chi connectivity index (χ1v) is 2.24. The number of phosphoric acid groups is 1. The van der Waals surface area contributed by atoms with Crippen LogP contribution >= 0.6 is 7.82 Å². The van der Waals surface area contributed by atoms with Crippen LogP contribution in [0.1, 0.15) is 0 Å². The van der Waals surface area contributed by atoms with Crippen LogP contribution in [0.3, 0.4) is 0 Å². The van der Waals surface area contributed by atoms with Gasteiger partial charge in [0.05, 0.1) is 7.82 Å². The van der Waals surface area contributed by atoms with E-state index in [4.69, 9.17) is 19.2 Å². The predicted molar refractivity (Wildman–Crippen MR) is 38.7 cm³/mol. The summed E-state index contributed by atoms with van der Waals surface area (Å²) in [5.41, 5.74) is 0. The van der Waals surface area contributed by atoms with Gasteiger partial charge in [0.15, 0.2) is 0 Å². The molecule has 0 atom stereocenters. The molecular formula is H14MgNO9P. The van der Waals surface area contributed by atoms with Crippen LogP contribution in [0.4, 0.5) is 0 Å². The van der Waals surface area contributed by atoms with Crippen molar-refractivity contribution in [1.82, 2.24) is 6.15 Å². The van der Waals surface area contributed by atoms with Gasteiger partial charge in [-0.2, -0.15) is 0 Å². The molecule has 0 aromatic carbocycles. The van der Waals surface area contributed by atoms with E-state index in [1.807, 2.05) is 0 Å². The van der Waals surface area contributed by atoms with Crippen LogP contribution in [-0.4, -0.2) is 55.3 Å². The molecule has 12 heteroatoms. The third-order valence-electron chi connectivity index (χ3n) is 0. The zero-order chi connectivity index (χ0) is 4.50. The van der Waals surface area contributed by atoms with Crippen molar-refractivity contribution >= 4 is 30.9 Å². The molecule has 0 unspecified atom stereocenters. The fourth-order valence-corrected chi connectivity index (χ4v) is 0. The average molecular weight is 227 g/mol. The quantitative estimate of drug-likeness (QED) is 0.300. The number of hydrogen-bond acceptors (Lipinski definition) is 4. The Labute approximate surface area is 84.1 Å². The largest absolute Gasteiger partial charge is 2.00 e. The Morgan fingerprint density at radius 3 is 0.917 bits per heavy atom. The van der Waals surface area contributed by atoms with Crippen molar-refractivity contribution in [1.29, 1.82) is 0 Å². The van der Waals surface area contributed by atoms with Gasteiger partial charge in [-0.05, 0) is 0 Å². The van der Waals surface area contributed by atoms with Gasteiger partial charge < -0.3 is 52.8 Å². The van der Waals surface area contributed by atoms with Crippen molar-refractivity contribution in [3.8, 4) is 0 Å². The van der Waals surface area contributed by atoms with Crippen molar-refractivity contribution in [3.05, 3.63) is 0 Å². The van der Waals surface area contributed by atoms with Crippen molar-refractivity contribution in [2.75, 3.05) is 0 Å². The predicted octanol–water partition coefficient (Wildman–Crippen LogP) is -6.53. The van der Waals surface area contributed by atoms with Gasteiger partial charge in [0, 0.05) is 0 Å². The van der Waals surface area contributed by atoms with Gasteiger partial charge in [-0.1, -0.05) is 0 Å². The molecule has 80 valence electrons. The summed E-state index contributed by atoms with van der Waals surface area (Å²) in [4.78, 5) is 24.3. The molecule has 0 aliphatic heterocycles. The van der Waals surface area contributed by atoms with E-state index in [9.17, 15) is 0 Å². The van der Waals surface area contributed by atoms with Crippen molar-refractivity contribution in [2.24, 2.45) is 0 Å². The molecule has 0 bridgehead atoms. The molecule has 0 fully saturated rings. The summed E-state index contributed by atoms with van der Waals surface area (Å²) in [7, 11) is -5.14. The van der Waals surface area contributed by atoms with E-state index in [0.717, 1.165) is 0 Å². The molecule has 0 aliphatic rings. The van der Waals surface area contributed by atoms with Gasteiger partial charge in [-0.3, -0.25) is 0 Å². The van der Waals surface area contributed by atoms with Gasteiger partial charge in [0.2, 0.25) is 0 Å². The Balaban J connectivity index is -0.00000000381. The Morgan fingerprint density at radius 2 is 0.917 bits per heavy atom. The molecule has 10 nitrogen and oxygen atoms in total.